The minimum Gasteiger partial charge on any atom is -0.348 e. The highest BCUT2D eigenvalue weighted by atomic mass is 32.2. The Morgan fingerprint density at radius 3 is 2.38 bits per heavy atom. The van der Waals surface area contributed by atoms with Crippen molar-refractivity contribution in [3.63, 3.8) is 0 Å². The number of amides is 1. The maximum Gasteiger partial charge on any atom is 0.435 e. The molecule has 4 aliphatic rings. The quantitative estimate of drug-likeness (QED) is 0.0999. The van der Waals surface area contributed by atoms with Crippen LogP contribution in [0.1, 0.15) is 53.0 Å². The first-order chi connectivity index (χ1) is 29.8. The molecule has 0 bridgehead atoms. The number of piperidine rings is 1. The zero-order valence-electron chi connectivity index (χ0n) is 33.4. The molecule has 22 heteroatoms. The van der Waals surface area contributed by atoms with Crippen LogP contribution < -0.4 is 20.3 Å². The first-order valence-electron chi connectivity index (χ1n) is 20.0. The second-order valence-electron chi connectivity index (χ2n) is 16.8. The van der Waals surface area contributed by atoms with E-state index in [0.717, 1.165) is 63.5 Å². The number of nitrogens with one attached hydrogen (secondary N) is 3. The number of sulfonamides is 1. The highest BCUT2D eigenvalue weighted by molar-refractivity contribution is 7.92. The monoisotopic (exact) mass is 914 g/mol. The van der Waals surface area contributed by atoms with Crippen LogP contribution in [0.3, 0.4) is 0 Å². The van der Waals surface area contributed by atoms with Crippen molar-refractivity contribution < 1.29 is 43.9 Å². The summed E-state index contributed by atoms with van der Waals surface area (Å²) in [5.41, 5.74) is -1.27. The van der Waals surface area contributed by atoms with Crippen molar-refractivity contribution in [2.45, 2.75) is 49.9 Å². The van der Waals surface area contributed by atoms with Gasteiger partial charge < -0.3 is 15.5 Å². The molecule has 2 saturated heterocycles. The van der Waals surface area contributed by atoms with E-state index in [9.17, 15) is 35.2 Å². The molecule has 2 aliphatic heterocycles. The molecule has 2 aliphatic carbocycles. The second kappa shape index (κ2) is 14.5. The number of rotatable bonds is 10. The Morgan fingerprint density at radius 2 is 1.75 bits per heavy atom. The molecule has 2 fully saturated rings. The fourth-order valence-electron chi connectivity index (χ4n) is 9.43. The summed E-state index contributed by atoms with van der Waals surface area (Å²) in [6.45, 7) is 2.33. The molecular formula is C41H37F7N10O3S2. The number of alkyl halides is 5. The zero-order chi connectivity index (χ0) is 44.4. The maximum atomic E-state index is 15.7. The third kappa shape index (κ3) is 7.18. The van der Waals surface area contributed by atoms with E-state index in [4.69, 9.17) is 9.97 Å². The van der Waals surface area contributed by atoms with Crippen molar-refractivity contribution >= 4 is 59.5 Å². The molecule has 3 atom stereocenters. The summed E-state index contributed by atoms with van der Waals surface area (Å²) in [4.78, 5) is 26.2. The number of carbonyl (C=O) groups is 1. The molecule has 10 rings (SSSR count). The maximum absolute atomic E-state index is 15.7. The van der Waals surface area contributed by atoms with Gasteiger partial charge in [0.2, 0.25) is 15.9 Å². The Morgan fingerprint density at radius 1 is 1.02 bits per heavy atom. The summed E-state index contributed by atoms with van der Waals surface area (Å²) >= 11 is 1.38. The summed E-state index contributed by atoms with van der Waals surface area (Å²) in [5.74, 6) is -9.38. The van der Waals surface area contributed by atoms with Gasteiger partial charge in [0.1, 0.15) is 23.9 Å². The number of pyridine rings is 1. The summed E-state index contributed by atoms with van der Waals surface area (Å²) in [7, 11) is -2.18. The molecule has 0 unspecified atom stereocenters. The van der Waals surface area contributed by atoms with E-state index in [-0.39, 0.29) is 34.6 Å². The van der Waals surface area contributed by atoms with Gasteiger partial charge in [0.25, 0.3) is 5.92 Å². The molecule has 4 aromatic heterocycles. The van der Waals surface area contributed by atoms with Crippen molar-refractivity contribution in [2.75, 3.05) is 42.1 Å². The SMILES string of the molecule is Cn1nc(NS(C)(=O)=O)c2cccc(-c3cc4sc(N5CCC6(CC5)CNC6)nc4nc3[C@H](Cc3cc(F)cc(F)c3)NC(=O)Cn3nc(C(F)(F)F)c4c3C(F)(F)[C@@H]3C=C[C@H]43)c21. The first kappa shape index (κ1) is 41.4. The Balaban J connectivity index is 1.11. The molecule has 3 N–H and O–H groups in total. The number of fused-ring (bicyclic) bond motifs is 5. The normalized spacial score (nSPS) is 20.4. The van der Waals surface area contributed by atoms with Gasteiger partial charge in [0.15, 0.2) is 22.3 Å². The summed E-state index contributed by atoms with van der Waals surface area (Å²) in [6, 6.07) is 8.26. The number of hydrogen-bond acceptors (Lipinski definition) is 10. The van der Waals surface area contributed by atoms with Gasteiger partial charge in [-0.25, -0.2) is 22.2 Å². The van der Waals surface area contributed by atoms with Crippen molar-refractivity contribution in [3.05, 3.63) is 94.5 Å². The summed E-state index contributed by atoms with van der Waals surface area (Å²) in [5, 5.41) is 15.1. The van der Waals surface area contributed by atoms with Gasteiger partial charge in [-0.05, 0) is 54.5 Å². The Bertz CT molecular complexity index is 2980. The predicted molar refractivity (Wildman–Crippen MR) is 220 cm³/mol. The third-order valence-corrected chi connectivity index (χ3v) is 14.1. The summed E-state index contributed by atoms with van der Waals surface area (Å²) < 4.78 is 133. The highest BCUT2D eigenvalue weighted by Crippen LogP contribution is 2.60. The van der Waals surface area contributed by atoms with Gasteiger partial charge in [-0.2, -0.15) is 37.1 Å². The van der Waals surface area contributed by atoms with Crippen LogP contribution in [0.25, 0.3) is 32.4 Å². The fraction of sp³-hybridized carbons (Fsp3) is 0.390. The molecular weight excluding hydrogens is 878 g/mol. The molecule has 13 nitrogen and oxygen atoms in total. The number of thiazole rings is 1. The lowest BCUT2D eigenvalue weighted by molar-refractivity contribution is -0.142. The third-order valence-electron chi connectivity index (χ3n) is 12.5. The topological polar surface area (TPSA) is 152 Å². The van der Waals surface area contributed by atoms with E-state index in [1.54, 1.807) is 31.3 Å². The van der Waals surface area contributed by atoms with Crippen LogP contribution in [-0.2, 0) is 46.9 Å². The Kier molecular flexibility index (Phi) is 9.50. The first-order valence-corrected chi connectivity index (χ1v) is 22.7. The van der Waals surface area contributed by atoms with Gasteiger partial charge in [-0.1, -0.05) is 35.6 Å². The highest BCUT2D eigenvalue weighted by Gasteiger charge is 2.61. The molecule has 6 heterocycles. The molecule has 330 valence electrons. The van der Waals surface area contributed by atoms with Crippen molar-refractivity contribution in [1.29, 1.82) is 0 Å². The van der Waals surface area contributed by atoms with Gasteiger partial charge >= 0.3 is 6.18 Å². The van der Waals surface area contributed by atoms with Crippen LogP contribution in [0.15, 0.2) is 54.6 Å². The van der Waals surface area contributed by atoms with E-state index in [0.29, 0.717) is 42.6 Å². The number of halogens is 7. The van der Waals surface area contributed by atoms with Crippen LogP contribution in [-0.4, -0.2) is 76.3 Å². The number of hydrogen-bond donors (Lipinski definition) is 3. The second-order valence-corrected chi connectivity index (χ2v) is 19.6. The van der Waals surface area contributed by atoms with Gasteiger partial charge in [0, 0.05) is 67.3 Å². The lowest BCUT2D eigenvalue weighted by Gasteiger charge is -2.48. The van der Waals surface area contributed by atoms with Crippen LogP contribution in [0.5, 0.6) is 0 Å². The van der Waals surface area contributed by atoms with Crippen LogP contribution in [0.2, 0.25) is 0 Å². The molecule has 1 amide bonds. The van der Waals surface area contributed by atoms with Crippen LogP contribution >= 0.6 is 11.3 Å². The number of nitrogens with zero attached hydrogens (tertiary/aromatic N) is 7. The van der Waals surface area contributed by atoms with Gasteiger partial charge in [-0.15, -0.1) is 0 Å². The molecule has 63 heavy (non-hydrogen) atoms. The van der Waals surface area contributed by atoms with E-state index < -0.39 is 81.0 Å². The van der Waals surface area contributed by atoms with Gasteiger partial charge in [-0.3, -0.25) is 18.9 Å². The lowest BCUT2D eigenvalue weighted by Crippen LogP contribution is -2.58. The molecule has 1 spiro atoms. The predicted octanol–water partition coefficient (Wildman–Crippen LogP) is 6.78. The number of allylic oxidation sites excluding steroid dienone is 2. The van der Waals surface area contributed by atoms with E-state index in [1.165, 1.54) is 22.1 Å². The Hall–Kier alpha value is -5.61. The number of benzene rings is 2. The molecule has 2 aromatic carbocycles. The van der Waals surface area contributed by atoms with Crippen molar-refractivity contribution in [2.24, 2.45) is 18.4 Å². The minimum atomic E-state index is -5.10. The zero-order valence-corrected chi connectivity index (χ0v) is 35.0. The van der Waals surface area contributed by atoms with Gasteiger partial charge in [0.05, 0.1) is 34.1 Å². The minimum absolute atomic E-state index is 0.0301. The number of aryl methyl sites for hydroxylation is 1. The van der Waals surface area contributed by atoms with E-state index >= 15 is 8.78 Å². The standard InChI is InChI=1S/C41H37F7N10O3S2/c1-56-33-23(4-3-5-25(33)36(54-56)55-63(2,60)61)26-16-29-37(52-38(62-29)57-10-8-39(9-11-57)18-49-19-39)51-32(26)28(14-20-12-21(42)15-22(43)13-20)50-30(59)17-58-35-31(34(53-58)41(46,47)48)24-6-7-27(24)40(35,44)45/h3-7,12-13,15-16,24,27-28,49H,8-11,14,17-19H2,1-2H3,(H,50,59)(H,54,55)/t24-,27+,28-/m0/s1. The smallest absolute Gasteiger partial charge is 0.348 e. The molecule has 0 radical (unpaired) electrons. The van der Waals surface area contributed by atoms with E-state index in [1.807, 2.05) is 0 Å². The molecule has 0 saturated carbocycles. The van der Waals surface area contributed by atoms with Crippen molar-refractivity contribution in [1.82, 2.24) is 40.2 Å². The molecule has 6 aromatic rings. The Labute approximate surface area is 358 Å². The van der Waals surface area contributed by atoms with Crippen molar-refractivity contribution in [3.8, 4) is 11.1 Å². The largest absolute Gasteiger partial charge is 0.435 e. The number of para-hydroxylation sites is 1. The van der Waals surface area contributed by atoms with Crippen LogP contribution in [0, 0.1) is 23.0 Å². The van der Waals surface area contributed by atoms with E-state index in [2.05, 4.69) is 30.5 Å². The average molecular weight is 915 g/mol. The fourth-order valence-corrected chi connectivity index (χ4v) is 10.9. The number of carbonyl (C=O) groups excluding carboxylic acids is 1. The number of aromatic nitrogens is 6. The van der Waals surface area contributed by atoms with Crippen LogP contribution in [0.4, 0.5) is 41.7 Å². The summed E-state index contributed by atoms with van der Waals surface area (Å²) in [6.07, 6.45) is -0.152. The number of anilines is 2. The average Bonchev–Trinajstić information content (AvgIpc) is 3.88. The lowest BCUT2D eigenvalue weighted by atomic mass is 9.73.